The molecule has 1 aliphatic rings. The van der Waals surface area contributed by atoms with Crippen molar-refractivity contribution in [1.82, 2.24) is 9.88 Å². The maximum atomic E-state index is 12.1. The van der Waals surface area contributed by atoms with Gasteiger partial charge in [-0.1, -0.05) is 17.7 Å². The smallest absolute Gasteiger partial charge is 0.281 e. The molecule has 0 spiro atoms. The number of imide groups is 1. The van der Waals surface area contributed by atoms with Gasteiger partial charge in [0.15, 0.2) is 0 Å². The molecule has 21 heavy (non-hydrogen) atoms. The number of nitrogens with one attached hydrogen (secondary N) is 1. The Bertz CT molecular complexity index is 710. The number of aryl methyl sites for hydroxylation is 1. The van der Waals surface area contributed by atoms with Crippen LogP contribution in [0.15, 0.2) is 36.5 Å². The van der Waals surface area contributed by atoms with Crippen molar-refractivity contribution in [2.45, 2.75) is 6.92 Å². The Morgan fingerprint density at radius 1 is 1.24 bits per heavy atom. The third-order valence-corrected chi connectivity index (χ3v) is 3.75. The number of nitrogens with zero attached hydrogens (tertiary/aromatic N) is 2. The first-order valence-electron chi connectivity index (χ1n) is 6.39. The molecule has 6 heteroatoms. The molecule has 3 rings (SSSR count). The number of benzene rings is 1. The lowest BCUT2D eigenvalue weighted by molar-refractivity contribution is 0.0664. The number of amides is 2. The minimum atomic E-state index is -0.388. The monoisotopic (exact) mass is 301 g/mol. The van der Waals surface area contributed by atoms with Crippen LogP contribution in [0.1, 0.15) is 26.4 Å². The summed E-state index contributed by atoms with van der Waals surface area (Å²) >= 11 is 6.04. The van der Waals surface area contributed by atoms with Gasteiger partial charge in [-0.15, -0.1) is 0 Å². The second kappa shape index (κ2) is 5.18. The minimum Gasteiger partial charge on any atom is -0.367 e. The maximum Gasteiger partial charge on any atom is 0.281 e. The van der Waals surface area contributed by atoms with Crippen LogP contribution in [0.5, 0.6) is 0 Å². The second-order valence-corrected chi connectivity index (χ2v) is 5.14. The summed E-state index contributed by atoms with van der Waals surface area (Å²) in [4.78, 5) is 29.4. The molecule has 2 heterocycles. The SMILES string of the molecule is Cc1ccc(NCN2C(=O)c3cccnc3C2=O)cc1Cl. The molecular formula is C15H12ClN3O2. The summed E-state index contributed by atoms with van der Waals surface area (Å²) in [5.74, 6) is -0.727. The van der Waals surface area contributed by atoms with Gasteiger partial charge in [0.05, 0.1) is 12.2 Å². The Labute approximate surface area is 126 Å². The highest BCUT2D eigenvalue weighted by molar-refractivity contribution is 6.31. The van der Waals surface area contributed by atoms with E-state index in [0.29, 0.717) is 10.6 Å². The lowest BCUT2D eigenvalue weighted by Crippen LogP contribution is -2.34. The van der Waals surface area contributed by atoms with Crippen molar-refractivity contribution in [2.75, 3.05) is 12.0 Å². The largest absolute Gasteiger partial charge is 0.367 e. The minimum absolute atomic E-state index is 0.0768. The summed E-state index contributed by atoms with van der Waals surface area (Å²) in [7, 11) is 0. The number of carbonyl (C=O) groups excluding carboxylic acids is 2. The molecule has 0 aliphatic carbocycles. The van der Waals surface area contributed by atoms with Gasteiger partial charge >= 0.3 is 0 Å². The van der Waals surface area contributed by atoms with E-state index in [1.54, 1.807) is 18.2 Å². The van der Waals surface area contributed by atoms with E-state index < -0.39 is 0 Å². The first-order valence-corrected chi connectivity index (χ1v) is 6.77. The molecule has 0 saturated heterocycles. The second-order valence-electron chi connectivity index (χ2n) is 4.74. The van der Waals surface area contributed by atoms with Gasteiger partial charge in [0.2, 0.25) is 0 Å². The average molecular weight is 302 g/mol. The third kappa shape index (κ3) is 2.36. The topological polar surface area (TPSA) is 62.3 Å². The van der Waals surface area contributed by atoms with Crippen LogP contribution in [-0.2, 0) is 0 Å². The van der Waals surface area contributed by atoms with Crippen molar-refractivity contribution < 1.29 is 9.59 Å². The van der Waals surface area contributed by atoms with Gasteiger partial charge in [-0.25, -0.2) is 0 Å². The zero-order valence-corrected chi connectivity index (χ0v) is 12.0. The quantitative estimate of drug-likeness (QED) is 0.886. The molecule has 0 atom stereocenters. The maximum absolute atomic E-state index is 12.1. The molecule has 1 aromatic carbocycles. The van der Waals surface area contributed by atoms with E-state index in [1.165, 1.54) is 6.20 Å². The van der Waals surface area contributed by atoms with Crippen LogP contribution in [0.25, 0.3) is 0 Å². The van der Waals surface area contributed by atoms with Gasteiger partial charge in [-0.3, -0.25) is 19.5 Å². The summed E-state index contributed by atoms with van der Waals surface area (Å²) in [6, 6.07) is 8.71. The predicted molar refractivity (Wildman–Crippen MR) is 79.4 cm³/mol. The normalized spacial score (nSPS) is 13.5. The number of halogens is 1. The molecule has 2 aromatic rings. The summed E-state index contributed by atoms with van der Waals surface area (Å²) in [6.45, 7) is 1.98. The number of hydrogen-bond donors (Lipinski definition) is 1. The number of anilines is 1. The highest BCUT2D eigenvalue weighted by atomic mass is 35.5. The van der Waals surface area contributed by atoms with E-state index in [2.05, 4.69) is 10.3 Å². The summed E-state index contributed by atoms with van der Waals surface area (Å²) in [5.41, 5.74) is 2.25. The van der Waals surface area contributed by atoms with E-state index >= 15 is 0 Å². The number of rotatable bonds is 3. The number of pyridine rings is 1. The molecule has 0 radical (unpaired) electrons. The molecule has 1 N–H and O–H groups in total. The van der Waals surface area contributed by atoms with E-state index in [0.717, 1.165) is 16.2 Å². The zero-order valence-electron chi connectivity index (χ0n) is 11.3. The fourth-order valence-electron chi connectivity index (χ4n) is 2.13. The van der Waals surface area contributed by atoms with Crippen LogP contribution in [-0.4, -0.2) is 28.4 Å². The van der Waals surface area contributed by atoms with Crippen molar-refractivity contribution in [3.8, 4) is 0 Å². The van der Waals surface area contributed by atoms with Crippen LogP contribution in [0.4, 0.5) is 5.69 Å². The number of hydrogen-bond acceptors (Lipinski definition) is 4. The number of aromatic nitrogens is 1. The van der Waals surface area contributed by atoms with E-state index in [-0.39, 0.29) is 24.2 Å². The van der Waals surface area contributed by atoms with Crippen molar-refractivity contribution >= 4 is 29.1 Å². The lowest BCUT2D eigenvalue weighted by atomic mass is 10.2. The Balaban J connectivity index is 1.76. The third-order valence-electron chi connectivity index (χ3n) is 3.34. The Kier molecular flexibility index (Phi) is 3.35. The highest BCUT2D eigenvalue weighted by Crippen LogP contribution is 2.22. The van der Waals surface area contributed by atoms with Gasteiger partial charge in [0.1, 0.15) is 5.69 Å². The summed E-state index contributed by atoms with van der Waals surface area (Å²) in [5, 5.41) is 3.65. The molecule has 0 unspecified atom stereocenters. The average Bonchev–Trinajstić information content (AvgIpc) is 2.73. The molecule has 1 aliphatic heterocycles. The summed E-state index contributed by atoms with van der Waals surface area (Å²) in [6.07, 6.45) is 1.50. The van der Waals surface area contributed by atoms with Crippen LogP contribution >= 0.6 is 11.6 Å². The van der Waals surface area contributed by atoms with Crippen molar-refractivity contribution in [3.63, 3.8) is 0 Å². The van der Waals surface area contributed by atoms with Gasteiger partial charge < -0.3 is 5.32 Å². The lowest BCUT2D eigenvalue weighted by Gasteiger charge is -2.15. The Hall–Kier alpha value is -2.40. The molecule has 5 nitrogen and oxygen atoms in total. The highest BCUT2D eigenvalue weighted by Gasteiger charge is 2.36. The van der Waals surface area contributed by atoms with Crippen LogP contribution < -0.4 is 5.32 Å². The Morgan fingerprint density at radius 2 is 2.05 bits per heavy atom. The first-order chi connectivity index (χ1) is 10.1. The van der Waals surface area contributed by atoms with Gasteiger partial charge in [-0.2, -0.15) is 0 Å². The molecule has 0 bridgehead atoms. The zero-order chi connectivity index (χ0) is 15.0. The van der Waals surface area contributed by atoms with Crippen LogP contribution in [0.3, 0.4) is 0 Å². The molecule has 106 valence electrons. The fraction of sp³-hybridized carbons (Fsp3) is 0.133. The number of fused-ring (bicyclic) bond motifs is 1. The van der Waals surface area contributed by atoms with E-state index in [9.17, 15) is 9.59 Å². The van der Waals surface area contributed by atoms with E-state index in [4.69, 9.17) is 11.6 Å². The fourth-order valence-corrected chi connectivity index (χ4v) is 2.31. The Morgan fingerprint density at radius 3 is 2.76 bits per heavy atom. The number of carbonyl (C=O) groups is 2. The first kappa shape index (κ1) is 13.6. The molecule has 0 fully saturated rings. The van der Waals surface area contributed by atoms with Crippen LogP contribution in [0, 0.1) is 6.92 Å². The molecule has 1 aromatic heterocycles. The molecule has 2 amide bonds. The predicted octanol–water partition coefficient (Wildman–Crippen LogP) is 2.71. The molecule has 0 saturated carbocycles. The van der Waals surface area contributed by atoms with E-state index in [1.807, 2.05) is 19.1 Å². The van der Waals surface area contributed by atoms with Crippen molar-refractivity contribution in [3.05, 3.63) is 58.4 Å². The van der Waals surface area contributed by atoms with Crippen molar-refractivity contribution in [2.24, 2.45) is 0 Å². The van der Waals surface area contributed by atoms with Gasteiger partial charge in [-0.05, 0) is 36.8 Å². The van der Waals surface area contributed by atoms with Crippen molar-refractivity contribution in [1.29, 1.82) is 0 Å². The summed E-state index contributed by atoms with van der Waals surface area (Å²) < 4.78 is 0. The molecular weight excluding hydrogens is 290 g/mol. The standard InChI is InChI=1S/C15H12ClN3O2/c1-9-4-5-10(7-12(9)16)18-8-19-14(20)11-3-2-6-17-13(11)15(19)21/h2-7,18H,8H2,1H3. The van der Waals surface area contributed by atoms with Crippen LogP contribution in [0.2, 0.25) is 5.02 Å². The van der Waals surface area contributed by atoms with Gasteiger partial charge in [0, 0.05) is 16.9 Å². The van der Waals surface area contributed by atoms with Gasteiger partial charge in [0.25, 0.3) is 11.8 Å².